The Morgan fingerprint density at radius 1 is 0.792 bits per heavy atom. The molecule has 0 aliphatic heterocycles. The lowest BCUT2D eigenvalue weighted by molar-refractivity contribution is 0.0485. The summed E-state index contributed by atoms with van der Waals surface area (Å²) in [6.45, 7) is 2.24. The first-order valence-electron chi connectivity index (χ1n) is 9.62. The van der Waals surface area contributed by atoms with Gasteiger partial charge in [-0.1, -0.05) is 44.0 Å². The van der Waals surface area contributed by atoms with Gasteiger partial charge in [0, 0.05) is 5.92 Å². The fourth-order valence-electron chi connectivity index (χ4n) is 4.66. The molecule has 2 fully saturated rings. The molecule has 3 rings (SSSR count). The number of benzene rings is 1. The van der Waals surface area contributed by atoms with Crippen molar-refractivity contribution in [2.24, 2.45) is 5.92 Å². The molecule has 0 spiro atoms. The summed E-state index contributed by atoms with van der Waals surface area (Å²) in [4.78, 5) is 0. The zero-order chi connectivity index (χ0) is 17.1. The molecule has 0 radical (unpaired) electrons. The van der Waals surface area contributed by atoms with E-state index in [1.165, 1.54) is 44.1 Å². The molecule has 0 bridgehead atoms. The predicted octanol–water partition coefficient (Wildman–Crippen LogP) is 6.65. The number of hydrogen-bond donors (Lipinski definition) is 0. The van der Waals surface area contributed by atoms with Gasteiger partial charge in [-0.3, -0.25) is 0 Å². The number of alkyl halides is 3. The summed E-state index contributed by atoms with van der Waals surface area (Å²) >= 11 is 0. The summed E-state index contributed by atoms with van der Waals surface area (Å²) in [6, 6.07) is 7.69. The van der Waals surface area contributed by atoms with Gasteiger partial charge in [-0.25, -0.2) is 13.2 Å². The third-order valence-electron chi connectivity index (χ3n) is 6.13. The molecule has 134 valence electrons. The zero-order valence-electron chi connectivity index (χ0n) is 14.6. The van der Waals surface area contributed by atoms with Crippen LogP contribution in [0.5, 0.6) is 0 Å². The standard InChI is InChI=1S/C21H29F3/c1-2-3-14-4-6-15(7-5-14)16-8-10-17(11-9-16)20-18(22)12-13-19(23)21(20)24/h8-11,14-15,18-21H,2-7,12-13H2,1H3/t14?,15?,18-,19+,20-,21+/m1/s1. The van der Waals surface area contributed by atoms with Crippen LogP contribution >= 0.6 is 0 Å². The van der Waals surface area contributed by atoms with Gasteiger partial charge >= 0.3 is 0 Å². The molecule has 2 aliphatic rings. The molecule has 0 saturated heterocycles. The normalized spacial score (nSPS) is 37.3. The molecule has 1 aromatic rings. The first kappa shape index (κ1) is 17.8. The number of hydrogen-bond acceptors (Lipinski definition) is 0. The van der Waals surface area contributed by atoms with Crippen LogP contribution in [0.3, 0.4) is 0 Å². The molecule has 24 heavy (non-hydrogen) atoms. The second-order valence-corrected chi connectivity index (χ2v) is 7.75. The van der Waals surface area contributed by atoms with E-state index < -0.39 is 24.4 Å². The molecule has 2 saturated carbocycles. The molecule has 0 amide bonds. The molecule has 2 aliphatic carbocycles. The van der Waals surface area contributed by atoms with E-state index in [0.717, 1.165) is 5.92 Å². The molecular formula is C21H29F3. The van der Waals surface area contributed by atoms with Crippen LogP contribution in [-0.4, -0.2) is 18.5 Å². The average molecular weight is 338 g/mol. The molecule has 3 heteroatoms. The van der Waals surface area contributed by atoms with Crippen LogP contribution in [0.25, 0.3) is 0 Å². The van der Waals surface area contributed by atoms with E-state index in [0.29, 0.717) is 11.5 Å². The smallest absolute Gasteiger partial charge is 0.141 e. The van der Waals surface area contributed by atoms with Crippen LogP contribution < -0.4 is 0 Å². The van der Waals surface area contributed by atoms with Crippen molar-refractivity contribution < 1.29 is 13.2 Å². The lowest BCUT2D eigenvalue weighted by atomic mass is 9.76. The highest BCUT2D eigenvalue weighted by Gasteiger charge is 2.41. The minimum atomic E-state index is -1.72. The van der Waals surface area contributed by atoms with Gasteiger partial charge in [0.1, 0.15) is 18.5 Å². The summed E-state index contributed by atoms with van der Waals surface area (Å²) < 4.78 is 41.9. The van der Waals surface area contributed by atoms with Gasteiger partial charge in [-0.15, -0.1) is 0 Å². The second kappa shape index (κ2) is 7.93. The fourth-order valence-corrected chi connectivity index (χ4v) is 4.66. The van der Waals surface area contributed by atoms with Crippen molar-refractivity contribution in [1.29, 1.82) is 0 Å². The maximum absolute atomic E-state index is 14.1. The zero-order valence-corrected chi connectivity index (χ0v) is 14.6. The van der Waals surface area contributed by atoms with Crippen molar-refractivity contribution in [3.05, 3.63) is 35.4 Å². The lowest BCUT2D eigenvalue weighted by Crippen LogP contribution is -2.37. The third kappa shape index (κ3) is 3.81. The Bertz CT molecular complexity index is 504. The molecule has 0 N–H and O–H groups in total. The Morgan fingerprint density at radius 2 is 1.38 bits per heavy atom. The van der Waals surface area contributed by atoms with Crippen LogP contribution in [0.2, 0.25) is 0 Å². The minimum absolute atomic E-state index is 0.00207. The van der Waals surface area contributed by atoms with Gasteiger partial charge in [-0.05, 0) is 61.5 Å². The van der Waals surface area contributed by atoms with E-state index in [2.05, 4.69) is 6.92 Å². The summed E-state index contributed by atoms with van der Waals surface area (Å²) in [6.07, 6.45) is 3.16. The first-order valence-corrected chi connectivity index (χ1v) is 9.62. The molecule has 4 atom stereocenters. The molecule has 0 aromatic heterocycles. The van der Waals surface area contributed by atoms with Crippen molar-refractivity contribution >= 4 is 0 Å². The summed E-state index contributed by atoms with van der Waals surface area (Å²) in [7, 11) is 0. The Hall–Kier alpha value is -0.990. The van der Waals surface area contributed by atoms with Crippen molar-refractivity contribution in [3.8, 4) is 0 Å². The Labute approximate surface area is 143 Å². The van der Waals surface area contributed by atoms with Crippen LogP contribution in [0, 0.1) is 5.92 Å². The highest BCUT2D eigenvalue weighted by atomic mass is 19.2. The van der Waals surface area contributed by atoms with E-state index >= 15 is 0 Å². The molecule has 0 nitrogen and oxygen atoms in total. The quantitative estimate of drug-likeness (QED) is 0.576. The van der Waals surface area contributed by atoms with Gasteiger partial charge in [0.05, 0.1) is 0 Å². The number of halogens is 3. The SMILES string of the molecule is CCCC1CCC(c2ccc([C@H]3[C@@H](F)[C@@H](F)CC[C@H]3F)cc2)CC1. The topological polar surface area (TPSA) is 0 Å². The Kier molecular flexibility index (Phi) is 5.89. The summed E-state index contributed by atoms with van der Waals surface area (Å²) in [5, 5.41) is 0. The van der Waals surface area contributed by atoms with Gasteiger partial charge in [0.15, 0.2) is 0 Å². The van der Waals surface area contributed by atoms with Gasteiger partial charge in [0.25, 0.3) is 0 Å². The highest BCUT2D eigenvalue weighted by molar-refractivity contribution is 5.30. The predicted molar refractivity (Wildman–Crippen MR) is 92.7 cm³/mol. The van der Waals surface area contributed by atoms with E-state index in [-0.39, 0.29) is 12.8 Å². The highest BCUT2D eigenvalue weighted by Crippen LogP contribution is 2.41. The summed E-state index contributed by atoms with van der Waals surface area (Å²) in [5.41, 5.74) is 1.88. The van der Waals surface area contributed by atoms with Crippen LogP contribution in [-0.2, 0) is 0 Å². The monoisotopic (exact) mass is 338 g/mol. The van der Waals surface area contributed by atoms with Crippen LogP contribution in [0.15, 0.2) is 24.3 Å². The fraction of sp³-hybridized carbons (Fsp3) is 0.714. The molecule has 1 aromatic carbocycles. The van der Waals surface area contributed by atoms with E-state index in [1.807, 2.05) is 24.3 Å². The number of rotatable bonds is 4. The molecular weight excluding hydrogens is 309 g/mol. The van der Waals surface area contributed by atoms with Gasteiger partial charge in [-0.2, -0.15) is 0 Å². The Balaban J connectivity index is 1.65. The second-order valence-electron chi connectivity index (χ2n) is 7.75. The van der Waals surface area contributed by atoms with Crippen LogP contribution in [0.4, 0.5) is 13.2 Å². The van der Waals surface area contributed by atoms with E-state index in [9.17, 15) is 13.2 Å². The first-order chi connectivity index (χ1) is 11.6. The molecule has 0 heterocycles. The van der Waals surface area contributed by atoms with Crippen molar-refractivity contribution in [1.82, 2.24) is 0 Å². The van der Waals surface area contributed by atoms with E-state index in [4.69, 9.17) is 0 Å². The van der Waals surface area contributed by atoms with Gasteiger partial charge < -0.3 is 0 Å². The largest absolute Gasteiger partial charge is 0.247 e. The Morgan fingerprint density at radius 3 is 2.00 bits per heavy atom. The molecule has 0 unspecified atom stereocenters. The van der Waals surface area contributed by atoms with Crippen LogP contribution in [0.1, 0.15) is 81.3 Å². The maximum Gasteiger partial charge on any atom is 0.141 e. The van der Waals surface area contributed by atoms with E-state index in [1.54, 1.807) is 0 Å². The average Bonchev–Trinajstić information content (AvgIpc) is 2.60. The minimum Gasteiger partial charge on any atom is -0.247 e. The lowest BCUT2D eigenvalue weighted by Gasteiger charge is -2.32. The third-order valence-corrected chi connectivity index (χ3v) is 6.13. The van der Waals surface area contributed by atoms with Crippen molar-refractivity contribution in [2.75, 3.05) is 0 Å². The maximum atomic E-state index is 14.1. The summed E-state index contributed by atoms with van der Waals surface area (Å²) in [5.74, 6) is 0.492. The van der Waals surface area contributed by atoms with Crippen molar-refractivity contribution in [2.45, 2.75) is 88.6 Å². The van der Waals surface area contributed by atoms with Gasteiger partial charge in [0.2, 0.25) is 0 Å². The van der Waals surface area contributed by atoms with Crippen molar-refractivity contribution in [3.63, 3.8) is 0 Å².